The maximum Gasteiger partial charge on any atom is 0.241 e. The summed E-state index contributed by atoms with van der Waals surface area (Å²) in [6.45, 7) is 9.82. The average Bonchev–Trinajstić information content (AvgIpc) is 2.28. The van der Waals surface area contributed by atoms with Gasteiger partial charge in [0.2, 0.25) is 5.91 Å². The Hall–Kier alpha value is -1.36. The molecule has 0 aromatic heterocycles. The van der Waals surface area contributed by atoms with Crippen molar-refractivity contribution in [2.24, 2.45) is 17.0 Å². The highest BCUT2D eigenvalue weighted by Crippen LogP contribution is 2.19. The number of amides is 1. The van der Waals surface area contributed by atoms with Crippen LogP contribution in [0.25, 0.3) is 10.4 Å². The van der Waals surface area contributed by atoms with Crippen molar-refractivity contribution in [3.63, 3.8) is 0 Å². The third-order valence-corrected chi connectivity index (χ3v) is 2.50. The second-order valence-electron chi connectivity index (χ2n) is 4.70. The first-order chi connectivity index (χ1) is 8.38. The molecule has 0 radical (unpaired) electrons. The Morgan fingerprint density at radius 1 is 1.22 bits per heavy atom. The number of nitrogens with zero attached hydrogens (tertiary/aromatic N) is 3. The molecule has 2 atom stereocenters. The van der Waals surface area contributed by atoms with E-state index in [9.17, 15) is 4.79 Å². The van der Waals surface area contributed by atoms with Crippen molar-refractivity contribution in [1.82, 2.24) is 0 Å². The van der Waals surface area contributed by atoms with Gasteiger partial charge in [0.25, 0.3) is 0 Å². The third-order valence-electron chi connectivity index (χ3n) is 2.50. The van der Waals surface area contributed by atoms with Crippen LogP contribution in [0.1, 0.15) is 34.6 Å². The fourth-order valence-electron chi connectivity index (χ4n) is 1.10. The maximum absolute atomic E-state index is 11.1. The summed E-state index contributed by atoms with van der Waals surface area (Å²) in [5.74, 6) is -0.115. The highest BCUT2D eigenvalue weighted by atomic mass is 17.2. The number of carbonyl (C=O) groups is 1. The molecular weight excluding hydrogens is 234 g/mol. The number of hydrogen-bond acceptors (Lipinski definition) is 3. The summed E-state index contributed by atoms with van der Waals surface area (Å²) in [6.07, 6.45) is 2.34. The van der Waals surface area contributed by atoms with E-state index in [-0.39, 0.29) is 18.1 Å². The Labute approximate surface area is 108 Å². The molecule has 0 heterocycles. The standard InChI is InChI=1S/C12H21N3O3/c1-8(2)10(5)11(18-17-9(3)4)6-7-12(16)14-15-13/h6-11H,1-5H3/b7-6+. The van der Waals surface area contributed by atoms with Crippen LogP contribution in [-0.4, -0.2) is 18.1 Å². The van der Waals surface area contributed by atoms with Gasteiger partial charge in [0.15, 0.2) is 0 Å². The van der Waals surface area contributed by atoms with Crippen molar-refractivity contribution < 1.29 is 14.6 Å². The lowest BCUT2D eigenvalue weighted by Crippen LogP contribution is -2.25. The Morgan fingerprint density at radius 2 is 1.83 bits per heavy atom. The Balaban J connectivity index is 4.65. The molecule has 0 aliphatic rings. The van der Waals surface area contributed by atoms with Gasteiger partial charge in [0, 0.05) is 4.91 Å². The van der Waals surface area contributed by atoms with Gasteiger partial charge >= 0.3 is 0 Å². The van der Waals surface area contributed by atoms with Crippen molar-refractivity contribution in [2.45, 2.75) is 46.8 Å². The summed E-state index contributed by atoms with van der Waals surface area (Å²) in [5, 5.41) is 2.95. The second-order valence-corrected chi connectivity index (χ2v) is 4.70. The van der Waals surface area contributed by atoms with Crippen LogP contribution in [-0.2, 0) is 14.6 Å². The Kier molecular flexibility index (Phi) is 8.03. The zero-order valence-corrected chi connectivity index (χ0v) is 11.5. The molecule has 6 nitrogen and oxygen atoms in total. The van der Waals surface area contributed by atoms with Crippen molar-refractivity contribution >= 4 is 5.91 Å². The highest BCUT2D eigenvalue weighted by molar-refractivity contribution is 5.88. The minimum Gasteiger partial charge on any atom is -0.288 e. The summed E-state index contributed by atoms with van der Waals surface area (Å²) in [4.78, 5) is 23.9. The summed E-state index contributed by atoms with van der Waals surface area (Å²) < 4.78 is 0. The summed E-state index contributed by atoms with van der Waals surface area (Å²) in [6, 6.07) is 0. The first kappa shape index (κ1) is 16.6. The van der Waals surface area contributed by atoms with E-state index in [2.05, 4.69) is 23.9 Å². The molecular formula is C12H21N3O3. The summed E-state index contributed by atoms with van der Waals surface area (Å²) in [7, 11) is 0. The lowest BCUT2D eigenvalue weighted by Gasteiger charge is -2.24. The van der Waals surface area contributed by atoms with Crippen LogP contribution in [0.2, 0.25) is 0 Å². The van der Waals surface area contributed by atoms with Gasteiger partial charge in [-0.2, -0.15) is 0 Å². The molecule has 0 saturated carbocycles. The fourth-order valence-corrected chi connectivity index (χ4v) is 1.10. The van der Waals surface area contributed by atoms with E-state index < -0.39 is 5.91 Å². The minimum atomic E-state index is -0.647. The quantitative estimate of drug-likeness (QED) is 0.174. The molecule has 0 N–H and O–H groups in total. The molecule has 0 aromatic rings. The van der Waals surface area contributed by atoms with E-state index in [1.165, 1.54) is 6.08 Å². The molecule has 0 saturated heterocycles. The van der Waals surface area contributed by atoms with E-state index in [0.717, 1.165) is 0 Å². The molecule has 0 bridgehead atoms. The second kappa shape index (κ2) is 8.69. The molecule has 2 unspecified atom stereocenters. The van der Waals surface area contributed by atoms with E-state index in [1.54, 1.807) is 6.08 Å². The number of hydrogen-bond donors (Lipinski definition) is 0. The largest absolute Gasteiger partial charge is 0.288 e. The van der Waals surface area contributed by atoms with E-state index >= 15 is 0 Å². The lowest BCUT2D eigenvalue weighted by atomic mass is 9.92. The minimum absolute atomic E-state index is 0.0620. The van der Waals surface area contributed by atoms with Crippen molar-refractivity contribution in [2.75, 3.05) is 0 Å². The van der Waals surface area contributed by atoms with Gasteiger partial charge < -0.3 is 0 Å². The maximum atomic E-state index is 11.1. The van der Waals surface area contributed by atoms with E-state index in [0.29, 0.717) is 5.92 Å². The van der Waals surface area contributed by atoms with E-state index in [4.69, 9.17) is 15.3 Å². The third kappa shape index (κ3) is 7.06. The zero-order valence-electron chi connectivity index (χ0n) is 11.5. The Morgan fingerprint density at radius 3 is 2.28 bits per heavy atom. The van der Waals surface area contributed by atoms with Gasteiger partial charge in [-0.15, -0.1) is 0 Å². The fraction of sp³-hybridized carbons (Fsp3) is 0.750. The van der Waals surface area contributed by atoms with Gasteiger partial charge in [-0.25, -0.2) is 9.78 Å². The van der Waals surface area contributed by atoms with Crippen LogP contribution in [0, 0.1) is 11.8 Å². The van der Waals surface area contributed by atoms with Crippen LogP contribution in [0.3, 0.4) is 0 Å². The van der Waals surface area contributed by atoms with Gasteiger partial charge in [0.1, 0.15) is 6.10 Å². The first-order valence-corrected chi connectivity index (χ1v) is 5.97. The van der Waals surface area contributed by atoms with Gasteiger partial charge in [-0.1, -0.05) is 20.8 Å². The average molecular weight is 255 g/mol. The lowest BCUT2D eigenvalue weighted by molar-refractivity contribution is -0.343. The number of carbonyl (C=O) groups excluding carboxylic acids is 1. The molecule has 0 spiro atoms. The SMILES string of the molecule is CC(C)OOC(/C=C/C(=O)N=[N+]=[N-])C(C)C(C)C. The molecule has 1 amide bonds. The van der Waals surface area contributed by atoms with E-state index in [1.807, 2.05) is 20.8 Å². The topological polar surface area (TPSA) is 84.3 Å². The highest BCUT2D eigenvalue weighted by Gasteiger charge is 2.20. The van der Waals surface area contributed by atoms with Crippen molar-refractivity contribution in [3.8, 4) is 0 Å². The molecule has 0 aliphatic heterocycles. The van der Waals surface area contributed by atoms with Crippen LogP contribution in [0.4, 0.5) is 0 Å². The number of rotatable bonds is 7. The summed E-state index contributed by atoms with van der Waals surface area (Å²) >= 11 is 0. The molecule has 18 heavy (non-hydrogen) atoms. The first-order valence-electron chi connectivity index (χ1n) is 5.97. The molecule has 0 fully saturated rings. The zero-order chi connectivity index (χ0) is 14.1. The van der Waals surface area contributed by atoms with Crippen LogP contribution < -0.4 is 0 Å². The molecule has 102 valence electrons. The predicted molar refractivity (Wildman–Crippen MR) is 68.4 cm³/mol. The Bertz CT molecular complexity index is 333. The van der Waals surface area contributed by atoms with Gasteiger partial charge in [-0.3, -0.25) is 4.79 Å². The number of azide groups is 1. The molecule has 0 aromatic carbocycles. The van der Waals surface area contributed by atoms with Gasteiger partial charge in [0.05, 0.1) is 6.10 Å². The normalized spacial score (nSPS) is 14.8. The smallest absolute Gasteiger partial charge is 0.241 e. The van der Waals surface area contributed by atoms with Crippen LogP contribution >= 0.6 is 0 Å². The molecule has 0 rings (SSSR count). The van der Waals surface area contributed by atoms with Crippen molar-refractivity contribution in [1.29, 1.82) is 0 Å². The van der Waals surface area contributed by atoms with Crippen LogP contribution in [0.15, 0.2) is 17.3 Å². The molecule has 6 heteroatoms. The van der Waals surface area contributed by atoms with Gasteiger partial charge in [-0.05, 0) is 48.5 Å². The molecule has 0 aliphatic carbocycles. The summed E-state index contributed by atoms with van der Waals surface area (Å²) in [5.41, 5.74) is 8.12. The van der Waals surface area contributed by atoms with Crippen LogP contribution in [0.5, 0.6) is 0 Å². The monoisotopic (exact) mass is 255 g/mol. The van der Waals surface area contributed by atoms with Crippen molar-refractivity contribution in [3.05, 3.63) is 22.6 Å². The predicted octanol–water partition coefficient (Wildman–Crippen LogP) is 3.40.